The van der Waals surface area contributed by atoms with E-state index in [1.54, 1.807) is 0 Å². The van der Waals surface area contributed by atoms with Gasteiger partial charge in [-0.25, -0.2) is 0 Å². The number of benzene rings is 4. The molecule has 0 saturated heterocycles. The Bertz CT molecular complexity index is 1380. The van der Waals surface area contributed by atoms with Crippen molar-refractivity contribution in [2.75, 3.05) is 0 Å². The first-order chi connectivity index (χ1) is 14.4. The van der Waals surface area contributed by atoms with Crippen molar-refractivity contribution in [2.24, 2.45) is 0 Å². The van der Waals surface area contributed by atoms with E-state index in [1.165, 1.54) is 43.5 Å². The summed E-state index contributed by atoms with van der Waals surface area (Å²) in [7, 11) is 0. The van der Waals surface area contributed by atoms with Crippen LogP contribution in [-0.2, 0) is 5.41 Å². The predicted molar refractivity (Wildman–Crippen MR) is 121 cm³/mol. The number of fused-ring (bicyclic) bond motifs is 4. The van der Waals surface area contributed by atoms with Crippen LogP contribution in [0.3, 0.4) is 0 Å². The van der Waals surface area contributed by atoms with E-state index in [4.69, 9.17) is 0 Å². The van der Waals surface area contributed by atoms with Gasteiger partial charge in [0.1, 0.15) is 0 Å². The minimum absolute atomic E-state index is 0.264. The average Bonchev–Trinajstić information content (AvgIpc) is 3.18. The molecule has 0 aromatic heterocycles. The molecule has 0 bridgehead atoms. The molecule has 0 heterocycles. The van der Waals surface area contributed by atoms with E-state index in [0.717, 1.165) is 0 Å². The Kier molecular flexibility index (Phi) is 3.48. The largest absolute Gasteiger partial charge is 0.0651 e. The molecule has 0 nitrogen and oxygen atoms in total. The standard InChI is InChI=1S/C29H19/c1-3-10-24(11-4-1)29(25-12-5-2-6-13-25)18-17-27-23(20-29)19-22-16-15-21-9-7-8-14-26(21)28(22)27/h1-14,16-20H. The monoisotopic (exact) mass is 367 g/mol. The molecule has 0 unspecified atom stereocenters. The van der Waals surface area contributed by atoms with E-state index in [9.17, 15) is 0 Å². The second kappa shape index (κ2) is 6.18. The summed E-state index contributed by atoms with van der Waals surface area (Å²) in [6, 6.07) is 35.7. The molecule has 0 spiro atoms. The van der Waals surface area contributed by atoms with Gasteiger partial charge in [-0.05, 0) is 61.7 Å². The Hall–Kier alpha value is -3.64. The van der Waals surface area contributed by atoms with Crippen molar-refractivity contribution in [3.8, 4) is 0 Å². The van der Waals surface area contributed by atoms with Crippen LogP contribution in [0, 0.1) is 6.07 Å². The van der Waals surface area contributed by atoms with E-state index >= 15 is 0 Å². The molecular formula is C29H19. The second-order valence-electron chi connectivity index (χ2n) is 7.76. The predicted octanol–water partition coefficient (Wildman–Crippen LogP) is 5.07. The Morgan fingerprint density at radius 3 is 2.07 bits per heavy atom. The first kappa shape index (κ1) is 16.3. The van der Waals surface area contributed by atoms with Gasteiger partial charge < -0.3 is 0 Å². The fourth-order valence-corrected chi connectivity index (χ4v) is 4.78. The Morgan fingerprint density at radius 2 is 1.34 bits per heavy atom. The van der Waals surface area contributed by atoms with E-state index in [0.29, 0.717) is 0 Å². The van der Waals surface area contributed by atoms with Crippen LogP contribution < -0.4 is 10.4 Å². The van der Waals surface area contributed by atoms with Gasteiger partial charge >= 0.3 is 0 Å². The molecule has 29 heavy (non-hydrogen) atoms. The highest BCUT2D eigenvalue weighted by Gasteiger charge is 2.33. The Labute approximate surface area is 170 Å². The molecule has 0 saturated carbocycles. The first-order valence-corrected chi connectivity index (χ1v) is 10.0. The average molecular weight is 367 g/mol. The summed E-state index contributed by atoms with van der Waals surface area (Å²) in [5, 5.41) is 5.03. The van der Waals surface area contributed by atoms with Gasteiger partial charge in [-0.1, -0.05) is 103 Å². The van der Waals surface area contributed by atoms with Gasteiger partial charge in [0.25, 0.3) is 0 Å². The van der Waals surface area contributed by atoms with Crippen LogP contribution in [0.2, 0.25) is 0 Å². The van der Waals surface area contributed by atoms with E-state index in [2.05, 4.69) is 121 Å². The molecule has 2 aliphatic rings. The molecule has 0 aliphatic heterocycles. The number of rotatable bonds is 2. The number of hydrogen-bond donors (Lipinski definition) is 0. The van der Waals surface area contributed by atoms with Crippen LogP contribution in [0.15, 0.2) is 115 Å². The highest BCUT2D eigenvalue weighted by atomic mass is 14.4. The third-order valence-corrected chi connectivity index (χ3v) is 6.16. The molecular weight excluding hydrogens is 348 g/mol. The van der Waals surface area contributed by atoms with Crippen molar-refractivity contribution < 1.29 is 0 Å². The summed E-state index contributed by atoms with van der Waals surface area (Å²) in [6.45, 7) is 0. The lowest BCUT2D eigenvalue weighted by Gasteiger charge is -2.32. The third kappa shape index (κ3) is 2.39. The lowest BCUT2D eigenvalue weighted by atomic mass is 9.70. The maximum atomic E-state index is 3.45. The summed E-state index contributed by atoms with van der Waals surface area (Å²) < 4.78 is 0. The molecule has 0 atom stereocenters. The maximum absolute atomic E-state index is 3.45. The summed E-state index contributed by atoms with van der Waals surface area (Å²) in [4.78, 5) is 0. The normalized spacial score (nSPS) is 16.1. The zero-order valence-electron chi connectivity index (χ0n) is 16.0. The fraction of sp³-hybridized carbons (Fsp3) is 0.0345. The lowest BCUT2D eigenvalue weighted by molar-refractivity contribution is 0.808. The molecule has 4 aromatic rings. The first-order valence-electron chi connectivity index (χ1n) is 10.0. The summed E-state index contributed by atoms with van der Waals surface area (Å²) in [6.07, 6.45) is 9.44. The van der Waals surface area contributed by atoms with E-state index in [-0.39, 0.29) is 5.41 Å². The Morgan fingerprint density at radius 1 is 0.690 bits per heavy atom. The SMILES string of the molecule is [c]1cc2c(c3ccccc13)=C1C=CC(c3ccccc3)(c3ccccc3)C=C1C=2. The highest BCUT2D eigenvalue weighted by molar-refractivity contribution is 5.96. The Balaban J connectivity index is 1.67. The van der Waals surface area contributed by atoms with Gasteiger partial charge in [0, 0.05) is 0 Å². The number of allylic oxidation sites excluding steroid dienone is 4. The fourth-order valence-electron chi connectivity index (χ4n) is 4.78. The summed E-state index contributed by atoms with van der Waals surface area (Å²) in [5.41, 5.74) is 4.91. The molecule has 2 aliphatic carbocycles. The van der Waals surface area contributed by atoms with Crippen molar-refractivity contribution in [2.45, 2.75) is 5.41 Å². The van der Waals surface area contributed by atoms with E-state index < -0.39 is 0 Å². The molecule has 1 radical (unpaired) electrons. The van der Waals surface area contributed by atoms with Crippen LogP contribution >= 0.6 is 0 Å². The van der Waals surface area contributed by atoms with Crippen LogP contribution in [-0.4, -0.2) is 0 Å². The van der Waals surface area contributed by atoms with Crippen LogP contribution in [0.25, 0.3) is 22.4 Å². The van der Waals surface area contributed by atoms with Crippen LogP contribution in [0.1, 0.15) is 11.1 Å². The summed E-state index contributed by atoms with van der Waals surface area (Å²) >= 11 is 0. The number of hydrogen-bond acceptors (Lipinski definition) is 0. The molecule has 135 valence electrons. The highest BCUT2D eigenvalue weighted by Crippen LogP contribution is 2.41. The van der Waals surface area contributed by atoms with E-state index in [1.807, 2.05) is 0 Å². The molecule has 6 rings (SSSR count). The van der Waals surface area contributed by atoms with Gasteiger partial charge in [-0.2, -0.15) is 0 Å². The molecule has 0 fully saturated rings. The van der Waals surface area contributed by atoms with Crippen molar-refractivity contribution in [3.05, 3.63) is 142 Å². The third-order valence-electron chi connectivity index (χ3n) is 6.16. The zero-order chi connectivity index (χ0) is 19.3. The molecule has 0 N–H and O–H groups in total. The topological polar surface area (TPSA) is 0 Å². The minimum atomic E-state index is -0.264. The molecule has 0 amide bonds. The van der Waals surface area contributed by atoms with Crippen molar-refractivity contribution in [3.63, 3.8) is 0 Å². The zero-order valence-corrected chi connectivity index (χ0v) is 16.0. The van der Waals surface area contributed by atoms with Gasteiger partial charge in [-0.3, -0.25) is 0 Å². The molecule has 4 aromatic carbocycles. The van der Waals surface area contributed by atoms with Crippen molar-refractivity contribution in [1.29, 1.82) is 0 Å². The minimum Gasteiger partial charge on any atom is -0.0651 e. The van der Waals surface area contributed by atoms with Gasteiger partial charge in [0.15, 0.2) is 0 Å². The smallest absolute Gasteiger partial charge is 0.0574 e. The lowest BCUT2D eigenvalue weighted by Crippen LogP contribution is -2.26. The summed E-state index contributed by atoms with van der Waals surface area (Å²) in [5.74, 6) is 0. The van der Waals surface area contributed by atoms with Crippen molar-refractivity contribution in [1.82, 2.24) is 0 Å². The van der Waals surface area contributed by atoms with Crippen molar-refractivity contribution >= 4 is 22.4 Å². The van der Waals surface area contributed by atoms with Gasteiger partial charge in [-0.15, -0.1) is 0 Å². The van der Waals surface area contributed by atoms with Crippen LogP contribution in [0.4, 0.5) is 0 Å². The van der Waals surface area contributed by atoms with Crippen LogP contribution in [0.5, 0.6) is 0 Å². The second-order valence-corrected chi connectivity index (χ2v) is 7.76. The molecule has 0 heteroatoms. The maximum Gasteiger partial charge on any atom is 0.0574 e. The van der Waals surface area contributed by atoms with Gasteiger partial charge in [0.2, 0.25) is 0 Å². The quantitative estimate of drug-likeness (QED) is 0.464. The van der Waals surface area contributed by atoms with Gasteiger partial charge in [0.05, 0.1) is 5.41 Å².